The van der Waals surface area contributed by atoms with Crippen LogP contribution in [0, 0.1) is 0 Å². The van der Waals surface area contributed by atoms with E-state index >= 15 is 0 Å². The van der Waals surface area contributed by atoms with Gasteiger partial charge in [0.1, 0.15) is 0 Å². The summed E-state index contributed by atoms with van der Waals surface area (Å²) >= 11 is 0. The molecule has 0 spiro atoms. The van der Waals surface area contributed by atoms with E-state index in [0.29, 0.717) is 19.8 Å². The Morgan fingerprint density at radius 1 is 1.28 bits per heavy atom. The maximum absolute atomic E-state index is 5.89. The Bertz CT molecular complexity index is 208. The minimum atomic E-state index is -0.284. The van der Waals surface area contributed by atoms with Crippen LogP contribution < -0.4 is 0 Å². The summed E-state index contributed by atoms with van der Waals surface area (Å²) in [7, 11) is 0. The molecule has 0 saturated carbocycles. The third-order valence-corrected chi connectivity index (χ3v) is 2.93. The summed E-state index contributed by atoms with van der Waals surface area (Å²) in [6.07, 6.45) is 4.82. The lowest BCUT2D eigenvalue weighted by atomic mass is 10.1. The van der Waals surface area contributed by atoms with Crippen LogP contribution in [0.25, 0.3) is 0 Å². The molecule has 106 valence electrons. The minimum absolute atomic E-state index is 0.0633. The Labute approximate surface area is 110 Å². The number of rotatable bonds is 10. The Kier molecular flexibility index (Phi) is 8.25. The maximum atomic E-state index is 5.89. The molecule has 1 heterocycles. The molecule has 4 nitrogen and oxygen atoms in total. The van der Waals surface area contributed by atoms with E-state index in [1.165, 1.54) is 0 Å². The van der Waals surface area contributed by atoms with Gasteiger partial charge >= 0.3 is 0 Å². The van der Waals surface area contributed by atoms with Gasteiger partial charge in [-0.05, 0) is 33.1 Å². The van der Waals surface area contributed by atoms with Gasteiger partial charge in [-0.15, -0.1) is 6.58 Å². The average molecular weight is 258 g/mol. The second-order valence-electron chi connectivity index (χ2n) is 4.29. The van der Waals surface area contributed by atoms with Gasteiger partial charge in [-0.1, -0.05) is 6.08 Å². The molecule has 1 aliphatic rings. The van der Waals surface area contributed by atoms with Crippen molar-refractivity contribution in [2.45, 2.75) is 51.6 Å². The van der Waals surface area contributed by atoms with Crippen LogP contribution in [0.4, 0.5) is 0 Å². The summed E-state index contributed by atoms with van der Waals surface area (Å²) in [4.78, 5) is 0. The predicted octanol–water partition coefficient (Wildman–Crippen LogP) is 2.53. The molecule has 0 radical (unpaired) electrons. The van der Waals surface area contributed by atoms with Gasteiger partial charge in [0.05, 0.1) is 18.8 Å². The summed E-state index contributed by atoms with van der Waals surface area (Å²) in [5.74, 6) is 0. The molecule has 0 aromatic rings. The standard InChI is InChI=1S/C14H26O4/c1-4-8-12(13-9-7-10-17-13)18-11-14(15-5-2)16-6-3/h4,12-14H,1,5-11H2,2-3H3. The second-order valence-corrected chi connectivity index (χ2v) is 4.29. The molecular weight excluding hydrogens is 232 g/mol. The Balaban J connectivity index is 2.36. The van der Waals surface area contributed by atoms with Crippen molar-refractivity contribution in [3.8, 4) is 0 Å². The normalized spacial score (nSPS) is 21.4. The van der Waals surface area contributed by atoms with Gasteiger partial charge in [-0.2, -0.15) is 0 Å². The van der Waals surface area contributed by atoms with Crippen molar-refractivity contribution in [2.24, 2.45) is 0 Å². The lowest BCUT2D eigenvalue weighted by Gasteiger charge is -2.25. The predicted molar refractivity (Wildman–Crippen MR) is 70.6 cm³/mol. The van der Waals surface area contributed by atoms with Crippen LogP contribution in [0.3, 0.4) is 0 Å². The van der Waals surface area contributed by atoms with E-state index < -0.39 is 0 Å². The maximum Gasteiger partial charge on any atom is 0.180 e. The number of hydrogen-bond donors (Lipinski definition) is 0. The van der Waals surface area contributed by atoms with Crippen molar-refractivity contribution in [1.82, 2.24) is 0 Å². The molecule has 0 bridgehead atoms. The van der Waals surface area contributed by atoms with Crippen molar-refractivity contribution < 1.29 is 18.9 Å². The van der Waals surface area contributed by atoms with Crippen LogP contribution in [0.15, 0.2) is 12.7 Å². The molecule has 0 aliphatic carbocycles. The van der Waals surface area contributed by atoms with E-state index in [2.05, 4.69) is 6.58 Å². The monoisotopic (exact) mass is 258 g/mol. The molecule has 0 aromatic heterocycles. The van der Waals surface area contributed by atoms with Crippen molar-refractivity contribution in [1.29, 1.82) is 0 Å². The molecule has 0 N–H and O–H groups in total. The Morgan fingerprint density at radius 2 is 2.00 bits per heavy atom. The fourth-order valence-electron chi connectivity index (χ4n) is 2.11. The highest BCUT2D eigenvalue weighted by molar-refractivity contribution is 4.82. The quantitative estimate of drug-likeness (QED) is 0.446. The number of hydrogen-bond acceptors (Lipinski definition) is 4. The zero-order valence-electron chi connectivity index (χ0n) is 11.6. The van der Waals surface area contributed by atoms with Crippen LogP contribution in [0.1, 0.15) is 33.1 Å². The molecule has 1 saturated heterocycles. The SMILES string of the molecule is C=CCC(OCC(OCC)OCC)C1CCCO1. The van der Waals surface area contributed by atoms with E-state index in [1.807, 2.05) is 19.9 Å². The van der Waals surface area contributed by atoms with Crippen LogP contribution in [0.2, 0.25) is 0 Å². The third kappa shape index (κ3) is 5.48. The Hall–Kier alpha value is -0.420. The molecular formula is C14H26O4. The Morgan fingerprint density at radius 3 is 2.50 bits per heavy atom. The van der Waals surface area contributed by atoms with Crippen molar-refractivity contribution >= 4 is 0 Å². The lowest BCUT2D eigenvalue weighted by molar-refractivity contribution is -0.184. The largest absolute Gasteiger partial charge is 0.376 e. The summed E-state index contributed by atoms with van der Waals surface area (Å²) in [6, 6.07) is 0. The molecule has 1 rings (SSSR count). The second kappa shape index (κ2) is 9.50. The third-order valence-electron chi connectivity index (χ3n) is 2.93. The van der Waals surface area contributed by atoms with Gasteiger partial charge in [-0.3, -0.25) is 0 Å². The van der Waals surface area contributed by atoms with Crippen molar-refractivity contribution in [3.63, 3.8) is 0 Å². The fraction of sp³-hybridized carbons (Fsp3) is 0.857. The fourth-order valence-corrected chi connectivity index (χ4v) is 2.11. The van der Waals surface area contributed by atoms with Gasteiger partial charge in [0, 0.05) is 19.8 Å². The first-order valence-electron chi connectivity index (χ1n) is 6.89. The molecule has 0 aromatic carbocycles. The summed E-state index contributed by atoms with van der Waals surface area (Å²) in [5.41, 5.74) is 0. The van der Waals surface area contributed by atoms with Crippen LogP contribution in [0.5, 0.6) is 0 Å². The summed E-state index contributed by atoms with van der Waals surface area (Å²) in [6.45, 7) is 10.2. The first-order valence-corrected chi connectivity index (χ1v) is 6.89. The smallest absolute Gasteiger partial charge is 0.180 e. The van der Waals surface area contributed by atoms with Gasteiger partial charge in [-0.25, -0.2) is 0 Å². The minimum Gasteiger partial charge on any atom is -0.376 e. The first-order chi connectivity index (χ1) is 8.81. The van der Waals surface area contributed by atoms with Crippen molar-refractivity contribution in [3.05, 3.63) is 12.7 Å². The van der Waals surface area contributed by atoms with Crippen molar-refractivity contribution in [2.75, 3.05) is 26.4 Å². The zero-order chi connectivity index (χ0) is 13.2. The highest BCUT2D eigenvalue weighted by atomic mass is 16.7. The highest BCUT2D eigenvalue weighted by Gasteiger charge is 2.26. The van der Waals surface area contributed by atoms with E-state index in [-0.39, 0.29) is 18.5 Å². The first kappa shape index (κ1) is 15.6. The molecule has 2 atom stereocenters. The molecule has 1 aliphatic heterocycles. The molecule has 4 heteroatoms. The van der Waals surface area contributed by atoms with Crippen LogP contribution in [-0.4, -0.2) is 44.9 Å². The lowest BCUT2D eigenvalue weighted by Crippen LogP contribution is -2.33. The average Bonchev–Trinajstić information content (AvgIpc) is 2.88. The van der Waals surface area contributed by atoms with Crippen LogP contribution >= 0.6 is 0 Å². The number of ether oxygens (including phenoxy) is 4. The highest BCUT2D eigenvalue weighted by Crippen LogP contribution is 2.20. The molecule has 0 amide bonds. The summed E-state index contributed by atoms with van der Waals surface area (Å²) < 4.78 is 22.5. The van der Waals surface area contributed by atoms with Gasteiger partial charge < -0.3 is 18.9 Å². The van der Waals surface area contributed by atoms with Crippen LogP contribution in [-0.2, 0) is 18.9 Å². The van der Waals surface area contributed by atoms with E-state index in [1.54, 1.807) is 0 Å². The van der Waals surface area contributed by atoms with E-state index in [9.17, 15) is 0 Å². The molecule has 1 fully saturated rings. The van der Waals surface area contributed by atoms with Gasteiger partial charge in [0.25, 0.3) is 0 Å². The van der Waals surface area contributed by atoms with E-state index in [4.69, 9.17) is 18.9 Å². The van der Waals surface area contributed by atoms with Gasteiger partial charge in [0.15, 0.2) is 6.29 Å². The molecule has 18 heavy (non-hydrogen) atoms. The van der Waals surface area contributed by atoms with Gasteiger partial charge in [0.2, 0.25) is 0 Å². The topological polar surface area (TPSA) is 36.9 Å². The zero-order valence-corrected chi connectivity index (χ0v) is 11.6. The molecule has 2 unspecified atom stereocenters. The summed E-state index contributed by atoms with van der Waals surface area (Å²) in [5, 5.41) is 0. The van der Waals surface area contributed by atoms with E-state index in [0.717, 1.165) is 25.9 Å².